The lowest BCUT2D eigenvalue weighted by atomic mass is 10.2. The quantitative estimate of drug-likeness (QED) is 0.619. The van der Waals surface area contributed by atoms with Crippen LogP contribution < -0.4 is 10.2 Å². The van der Waals surface area contributed by atoms with Crippen molar-refractivity contribution in [3.05, 3.63) is 66.3 Å². The topological polar surface area (TPSA) is 80.5 Å². The van der Waals surface area contributed by atoms with Crippen molar-refractivity contribution in [1.29, 1.82) is 0 Å². The Morgan fingerprint density at radius 2 is 1.87 bits per heavy atom. The largest absolute Gasteiger partial charge is 0.441 e. The smallest absolute Gasteiger partial charge is 0.220 e. The van der Waals surface area contributed by atoms with Crippen molar-refractivity contribution in [3.63, 3.8) is 0 Å². The predicted octanol–water partition coefficient (Wildman–Crippen LogP) is 3.21. The minimum atomic E-state index is 0.0158. The van der Waals surface area contributed by atoms with E-state index in [4.69, 9.17) is 9.15 Å². The van der Waals surface area contributed by atoms with Gasteiger partial charge in [0.05, 0.1) is 19.4 Å². The molecule has 1 N–H and O–H groups in total. The number of morpholine rings is 1. The van der Waals surface area contributed by atoms with Gasteiger partial charge in [0.15, 0.2) is 11.7 Å². The minimum absolute atomic E-state index is 0.0158. The molecule has 0 saturated carbocycles. The van der Waals surface area contributed by atoms with E-state index in [2.05, 4.69) is 20.2 Å². The zero-order valence-corrected chi connectivity index (χ0v) is 16.9. The summed E-state index contributed by atoms with van der Waals surface area (Å²) in [6.07, 6.45) is 5.31. The molecule has 0 unspecified atom stereocenters. The summed E-state index contributed by atoms with van der Waals surface area (Å²) in [5, 5.41) is 2.95. The van der Waals surface area contributed by atoms with Gasteiger partial charge in [0, 0.05) is 44.2 Å². The summed E-state index contributed by atoms with van der Waals surface area (Å²) in [4.78, 5) is 23.2. The van der Waals surface area contributed by atoms with E-state index < -0.39 is 0 Å². The molecule has 7 heteroatoms. The average Bonchev–Trinajstić information content (AvgIpc) is 3.28. The molecule has 3 heterocycles. The highest BCUT2D eigenvalue weighted by atomic mass is 16.5. The van der Waals surface area contributed by atoms with Crippen LogP contribution in [0.2, 0.25) is 0 Å². The molecule has 156 valence electrons. The Morgan fingerprint density at radius 3 is 2.63 bits per heavy atom. The van der Waals surface area contributed by atoms with Gasteiger partial charge >= 0.3 is 0 Å². The fraction of sp³-hybridized carbons (Fsp3) is 0.348. The van der Waals surface area contributed by atoms with Gasteiger partial charge in [-0.3, -0.25) is 4.79 Å². The van der Waals surface area contributed by atoms with Crippen LogP contribution in [0.15, 0.2) is 59.3 Å². The molecule has 0 aliphatic carbocycles. The second-order valence-corrected chi connectivity index (χ2v) is 7.24. The van der Waals surface area contributed by atoms with E-state index in [1.165, 1.54) is 0 Å². The summed E-state index contributed by atoms with van der Waals surface area (Å²) in [6.45, 7) is 3.68. The molecule has 1 amide bonds. The van der Waals surface area contributed by atoms with Crippen LogP contribution in [-0.4, -0.2) is 42.2 Å². The lowest BCUT2D eigenvalue weighted by Gasteiger charge is -2.27. The van der Waals surface area contributed by atoms with E-state index in [0.29, 0.717) is 31.7 Å². The van der Waals surface area contributed by atoms with Gasteiger partial charge < -0.3 is 19.4 Å². The van der Waals surface area contributed by atoms with Crippen LogP contribution >= 0.6 is 0 Å². The third kappa shape index (κ3) is 5.45. The number of aryl methyl sites for hydroxylation is 1. The Bertz CT molecular complexity index is 935. The summed E-state index contributed by atoms with van der Waals surface area (Å²) in [6, 6.07) is 13.9. The first-order chi connectivity index (χ1) is 14.8. The number of aromatic nitrogens is 2. The predicted molar refractivity (Wildman–Crippen MR) is 114 cm³/mol. The number of carbonyl (C=O) groups is 1. The summed E-state index contributed by atoms with van der Waals surface area (Å²) in [5.41, 5.74) is 1.99. The molecule has 1 aromatic carbocycles. The molecule has 0 atom stereocenters. The zero-order chi connectivity index (χ0) is 20.6. The molecule has 1 aliphatic heterocycles. The second kappa shape index (κ2) is 10.0. The number of nitrogens with zero attached hydrogens (tertiary/aromatic N) is 3. The highest BCUT2D eigenvalue weighted by Crippen LogP contribution is 2.20. The van der Waals surface area contributed by atoms with Gasteiger partial charge in [-0.25, -0.2) is 9.97 Å². The monoisotopic (exact) mass is 406 g/mol. The first-order valence-corrected chi connectivity index (χ1v) is 10.3. The standard InChI is InChI=1S/C23H26N4O3/c28-22(7-4-8-23-26-17-20(30-23)19-5-2-1-3-6-19)25-16-18-9-10-21(24-15-18)27-11-13-29-14-12-27/h1-3,5-6,9-10,15,17H,4,7-8,11-14,16H2,(H,25,28). The summed E-state index contributed by atoms with van der Waals surface area (Å²) < 4.78 is 11.1. The van der Waals surface area contributed by atoms with Crippen LogP contribution in [0.4, 0.5) is 5.82 Å². The van der Waals surface area contributed by atoms with E-state index >= 15 is 0 Å². The summed E-state index contributed by atoms with van der Waals surface area (Å²) >= 11 is 0. The number of ether oxygens (including phenoxy) is 1. The van der Waals surface area contributed by atoms with Crippen molar-refractivity contribution < 1.29 is 13.9 Å². The van der Waals surface area contributed by atoms with Gasteiger partial charge in [0.1, 0.15) is 5.82 Å². The maximum Gasteiger partial charge on any atom is 0.220 e. The van der Waals surface area contributed by atoms with Gasteiger partial charge in [-0.2, -0.15) is 0 Å². The number of nitrogens with one attached hydrogen (secondary N) is 1. The maximum absolute atomic E-state index is 12.1. The molecule has 7 nitrogen and oxygen atoms in total. The molecule has 2 aromatic heterocycles. The molecule has 1 fully saturated rings. The molecule has 1 saturated heterocycles. The molecule has 0 bridgehead atoms. The van der Waals surface area contributed by atoms with Gasteiger partial charge in [0.25, 0.3) is 0 Å². The van der Waals surface area contributed by atoms with Crippen LogP contribution in [0.25, 0.3) is 11.3 Å². The molecule has 0 radical (unpaired) electrons. The van der Waals surface area contributed by atoms with Crippen molar-refractivity contribution in [3.8, 4) is 11.3 Å². The summed E-state index contributed by atoms with van der Waals surface area (Å²) in [7, 11) is 0. The van der Waals surface area contributed by atoms with Crippen molar-refractivity contribution >= 4 is 11.7 Å². The SMILES string of the molecule is O=C(CCCc1ncc(-c2ccccc2)o1)NCc1ccc(N2CCOCC2)nc1. The molecule has 0 spiro atoms. The Balaban J connectivity index is 1.18. The van der Waals surface area contributed by atoms with Crippen LogP contribution in [0.5, 0.6) is 0 Å². The first kappa shape index (κ1) is 20.1. The highest BCUT2D eigenvalue weighted by molar-refractivity contribution is 5.75. The molecule has 3 aromatic rings. The first-order valence-electron chi connectivity index (χ1n) is 10.3. The van der Waals surface area contributed by atoms with E-state index in [-0.39, 0.29) is 5.91 Å². The number of amides is 1. The van der Waals surface area contributed by atoms with E-state index in [1.54, 1.807) is 6.20 Å². The van der Waals surface area contributed by atoms with Gasteiger partial charge in [-0.15, -0.1) is 0 Å². The molecule has 30 heavy (non-hydrogen) atoms. The third-order valence-electron chi connectivity index (χ3n) is 5.04. The highest BCUT2D eigenvalue weighted by Gasteiger charge is 2.12. The van der Waals surface area contributed by atoms with Crippen LogP contribution in [0.1, 0.15) is 24.3 Å². The van der Waals surface area contributed by atoms with E-state index in [0.717, 1.165) is 49.0 Å². The lowest BCUT2D eigenvalue weighted by molar-refractivity contribution is -0.121. The van der Waals surface area contributed by atoms with Crippen molar-refractivity contribution in [1.82, 2.24) is 15.3 Å². The Morgan fingerprint density at radius 1 is 1.03 bits per heavy atom. The fourth-order valence-corrected chi connectivity index (χ4v) is 3.35. The molecular formula is C23H26N4O3. The second-order valence-electron chi connectivity index (χ2n) is 7.24. The number of rotatable bonds is 8. The number of benzene rings is 1. The van der Waals surface area contributed by atoms with E-state index in [9.17, 15) is 4.79 Å². The summed E-state index contributed by atoms with van der Waals surface area (Å²) in [5.74, 6) is 2.38. The molecule has 1 aliphatic rings. The Kier molecular flexibility index (Phi) is 6.72. The Hall–Kier alpha value is -3.19. The van der Waals surface area contributed by atoms with Crippen LogP contribution in [0.3, 0.4) is 0 Å². The van der Waals surface area contributed by atoms with Crippen molar-refractivity contribution in [2.45, 2.75) is 25.8 Å². The number of pyridine rings is 1. The van der Waals surface area contributed by atoms with E-state index in [1.807, 2.05) is 48.7 Å². The Labute approximate surface area is 176 Å². The maximum atomic E-state index is 12.1. The number of carbonyl (C=O) groups excluding carboxylic acids is 1. The number of hydrogen-bond donors (Lipinski definition) is 1. The minimum Gasteiger partial charge on any atom is -0.441 e. The van der Waals surface area contributed by atoms with Crippen molar-refractivity contribution in [2.75, 3.05) is 31.2 Å². The van der Waals surface area contributed by atoms with Gasteiger partial charge in [-0.1, -0.05) is 36.4 Å². The fourth-order valence-electron chi connectivity index (χ4n) is 3.35. The number of anilines is 1. The van der Waals surface area contributed by atoms with Gasteiger partial charge in [0.2, 0.25) is 5.91 Å². The number of hydrogen-bond acceptors (Lipinski definition) is 6. The van der Waals surface area contributed by atoms with Crippen molar-refractivity contribution in [2.24, 2.45) is 0 Å². The zero-order valence-electron chi connectivity index (χ0n) is 16.9. The average molecular weight is 406 g/mol. The normalized spacial score (nSPS) is 13.9. The molecule has 4 rings (SSSR count). The van der Waals surface area contributed by atoms with Gasteiger partial charge in [-0.05, 0) is 18.1 Å². The van der Waals surface area contributed by atoms with Crippen LogP contribution in [0, 0.1) is 0 Å². The third-order valence-corrected chi connectivity index (χ3v) is 5.04. The van der Waals surface area contributed by atoms with Crippen LogP contribution in [-0.2, 0) is 22.5 Å². The number of oxazole rings is 1. The lowest BCUT2D eigenvalue weighted by Crippen LogP contribution is -2.36. The molecular weight excluding hydrogens is 380 g/mol.